The summed E-state index contributed by atoms with van der Waals surface area (Å²) in [5.41, 5.74) is 0.871. The highest BCUT2D eigenvalue weighted by Crippen LogP contribution is 2.45. The Morgan fingerprint density at radius 2 is 1.70 bits per heavy atom. The molecule has 0 bridgehead atoms. The lowest BCUT2D eigenvalue weighted by molar-refractivity contribution is -0.118. The Bertz CT molecular complexity index is 677. The summed E-state index contributed by atoms with van der Waals surface area (Å²) in [4.78, 5) is 12.0. The molecule has 2 aromatic carbocycles. The average molecular weight is 307 g/mol. The van der Waals surface area contributed by atoms with Gasteiger partial charge in [0.05, 0.1) is 6.54 Å². The Hall–Kier alpha value is -2.39. The predicted molar refractivity (Wildman–Crippen MR) is 91.5 cm³/mol. The minimum Gasteiger partial charge on any atom is -0.383 e. The van der Waals surface area contributed by atoms with Gasteiger partial charge in [-0.25, -0.2) is 0 Å². The van der Waals surface area contributed by atoms with Gasteiger partial charge < -0.3 is 10.4 Å². The van der Waals surface area contributed by atoms with E-state index < -0.39 is 5.60 Å². The van der Waals surface area contributed by atoms with Crippen molar-refractivity contribution in [3.8, 4) is 0 Å². The first-order valence-corrected chi connectivity index (χ1v) is 7.97. The quantitative estimate of drug-likeness (QED) is 0.806. The Labute approximate surface area is 136 Å². The summed E-state index contributed by atoms with van der Waals surface area (Å²) in [6.45, 7) is 0.236. The Kier molecular flexibility index (Phi) is 4.58. The van der Waals surface area contributed by atoms with Crippen molar-refractivity contribution < 1.29 is 9.90 Å². The molecule has 1 fully saturated rings. The van der Waals surface area contributed by atoms with Crippen molar-refractivity contribution in [3.05, 3.63) is 77.9 Å². The first kappa shape index (κ1) is 15.5. The van der Waals surface area contributed by atoms with Crippen molar-refractivity contribution >= 4 is 12.0 Å². The number of benzene rings is 2. The van der Waals surface area contributed by atoms with Gasteiger partial charge in [-0.15, -0.1) is 0 Å². The lowest BCUT2D eigenvalue weighted by Crippen LogP contribution is -2.42. The fourth-order valence-electron chi connectivity index (χ4n) is 2.79. The number of amides is 1. The minimum absolute atomic E-state index is 0.191. The molecule has 0 heterocycles. The maximum atomic E-state index is 12.0. The van der Waals surface area contributed by atoms with Crippen LogP contribution in [0.2, 0.25) is 0 Å². The van der Waals surface area contributed by atoms with E-state index in [0.29, 0.717) is 0 Å². The summed E-state index contributed by atoms with van der Waals surface area (Å²) in [6, 6.07) is 19.3. The lowest BCUT2D eigenvalue weighted by atomic mass is 9.88. The highest BCUT2D eigenvalue weighted by molar-refractivity contribution is 5.91. The van der Waals surface area contributed by atoms with Gasteiger partial charge in [0.15, 0.2) is 0 Å². The zero-order chi connectivity index (χ0) is 16.1. The number of rotatable bonds is 6. The third-order valence-electron chi connectivity index (χ3n) is 4.29. The van der Waals surface area contributed by atoms with Gasteiger partial charge in [0.2, 0.25) is 5.91 Å². The second-order valence-corrected chi connectivity index (χ2v) is 6.03. The van der Waals surface area contributed by atoms with E-state index >= 15 is 0 Å². The van der Waals surface area contributed by atoms with Crippen LogP contribution in [-0.2, 0) is 10.4 Å². The molecule has 118 valence electrons. The van der Waals surface area contributed by atoms with E-state index in [-0.39, 0.29) is 18.4 Å². The summed E-state index contributed by atoms with van der Waals surface area (Å²) in [7, 11) is 0. The molecule has 0 aromatic heterocycles. The van der Waals surface area contributed by atoms with E-state index in [0.717, 1.165) is 24.0 Å². The summed E-state index contributed by atoms with van der Waals surface area (Å²) < 4.78 is 0. The van der Waals surface area contributed by atoms with Crippen LogP contribution in [0.3, 0.4) is 0 Å². The highest BCUT2D eigenvalue weighted by atomic mass is 16.3. The molecule has 3 heteroatoms. The Morgan fingerprint density at radius 1 is 1.09 bits per heavy atom. The molecule has 3 nitrogen and oxygen atoms in total. The SMILES string of the molecule is O=C(/C=C/c1ccccc1)NC[C@@](O)(c1ccccc1)C1CC1. The van der Waals surface area contributed by atoms with E-state index in [9.17, 15) is 9.90 Å². The molecule has 1 atom stereocenters. The minimum atomic E-state index is -0.975. The number of nitrogens with one attached hydrogen (secondary N) is 1. The normalized spacial score (nSPS) is 16.9. The molecule has 0 aliphatic heterocycles. The topological polar surface area (TPSA) is 49.3 Å². The molecule has 1 saturated carbocycles. The summed E-state index contributed by atoms with van der Waals surface area (Å²) in [5, 5.41) is 13.9. The zero-order valence-electron chi connectivity index (χ0n) is 13.0. The van der Waals surface area contributed by atoms with Gasteiger partial charge in [-0.2, -0.15) is 0 Å². The van der Waals surface area contributed by atoms with Crippen LogP contribution in [0, 0.1) is 5.92 Å². The van der Waals surface area contributed by atoms with Crippen LogP contribution in [0.4, 0.5) is 0 Å². The maximum absolute atomic E-state index is 12.0. The van der Waals surface area contributed by atoms with Gasteiger partial charge in [-0.1, -0.05) is 60.7 Å². The van der Waals surface area contributed by atoms with Crippen molar-refractivity contribution in [2.75, 3.05) is 6.54 Å². The van der Waals surface area contributed by atoms with Crippen LogP contribution < -0.4 is 5.32 Å². The molecule has 1 aliphatic rings. The van der Waals surface area contributed by atoms with Crippen LogP contribution in [-0.4, -0.2) is 17.6 Å². The van der Waals surface area contributed by atoms with Crippen LogP contribution in [0.15, 0.2) is 66.7 Å². The molecule has 0 spiro atoms. The molecule has 2 aromatic rings. The molecule has 1 amide bonds. The van der Waals surface area contributed by atoms with E-state index in [1.807, 2.05) is 60.7 Å². The summed E-state index contributed by atoms with van der Waals surface area (Å²) in [5.74, 6) is 0.0344. The van der Waals surface area contributed by atoms with E-state index in [1.165, 1.54) is 6.08 Å². The standard InChI is InChI=1S/C20H21NO2/c22-19(14-11-16-7-3-1-4-8-16)21-15-20(23,18-12-13-18)17-9-5-2-6-10-17/h1-11,14,18,23H,12-13,15H2,(H,21,22)/b14-11+/t20-/m1/s1. The maximum Gasteiger partial charge on any atom is 0.244 e. The van der Waals surface area contributed by atoms with Crippen LogP contribution in [0.1, 0.15) is 24.0 Å². The van der Waals surface area contributed by atoms with Gasteiger partial charge in [-0.3, -0.25) is 4.79 Å². The van der Waals surface area contributed by atoms with E-state index in [4.69, 9.17) is 0 Å². The molecule has 0 unspecified atom stereocenters. The van der Waals surface area contributed by atoms with Crippen LogP contribution >= 0.6 is 0 Å². The molecule has 1 aliphatic carbocycles. The van der Waals surface area contributed by atoms with E-state index in [1.54, 1.807) is 6.08 Å². The second kappa shape index (κ2) is 6.80. The highest BCUT2D eigenvalue weighted by Gasteiger charge is 2.45. The molecule has 0 saturated heterocycles. The van der Waals surface area contributed by atoms with Crippen molar-refractivity contribution in [1.82, 2.24) is 5.32 Å². The second-order valence-electron chi connectivity index (χ2n) is 6.03. The van der Waals surface area contributed by atoms with Crippen molar-refractivity contribution in [2.24, 2.45) is 5.92 Å². The van der Waals surface area contributed by atoms with Crippen molar-refractivity contribution in [2.45, 2.75) is 18.4 Å². The molecule has 0 radical (unpaired) electrons. The predicted octanol–water partition coefficient (Wildman–Crippen LogP) is 3.11. The monoisotopic (exact) mass is 307 g/mol. The smallest absolute Gasteiger partial charge is 0.244 e. The fraction of sp³-hybridized carbons (Fsp3) is 0.250. The summed E-state index contributed by atoms with van der Waals surface area (Å²) >= 11 is 0. The Morgan fingerprint density at radius 3 is 2.30 bits per heavy atom. The number of hydrogen-bond donors (Lipinski definition) is 2. The first-order valence-electron chi connectivity index (χ1n) is 7.97. The number of aliphatic hydroxyl groups is 1. The molecule has 2 N–H and O–H groups in total. The Balaban J connectivity index is 1.63. The summed E-state index contributed by atoms with van der Waals surface area (Å²) in [6.07, 6.45) is 5.28. The molecular weight excluding hydrogens is 286 g/mol. The van der Waals surface area contributed by atoms with E-state index in [2.05, 4.69) is 5.32 Å². The number of carbonyl (C=O) groups excluding carboxylic acids is 1. The number of hydrogen-bond acceptors (Lipinski definition) is 2. The molecule has 3 rings (SSSR count). The largest absolute Gasteiger partial charge is 0.383 e. The van der Waals surface area contributed by atoms with Gasteiger partial charge in [0.1, 0.15) is 5.60 Å². The zero-order valence-corrected chi connectivity index (χ0v) is 13.0. The van der Waals surface area contributed by atoms with Crippen LogP contribution in [0.25, 0.3) is 6.08 Å². The molecular formula is C20H21NO2. The third kappa shape index (κ3) is 3.88. The van der Waals surface area contributed by atoms with Crippen LogP contribution in [0.5, 0.6) is 0 Å². The fourth-order valence-corrected chi connectivity index (χ4v) is 2.79. The van der Waals surface area contributed by atoms with Gasteiger partial charge in [0, 0.05) is 6.08 Å². The average Bonchev–Trinajstić information content (AvgIpc) is 3.45. The lowest BCUT2D eigenvalue weighted by Gasteiger charge is -2.29. The van der Waals surface area contributed by atoms with Gasteiger partial charge in [0.25, 0.3) is 0 Å². The molecule has 23 heavy (non-hydrogen) atoms. The number of carbonyl (C=O) groups is 1. The van der Waals surface area contributed by atoms with Crippen molar-refractivity contribution in [3.63, 3.8) is 0 Å². The van der Waals surface area contributed by atoms with Gasteiger partial charge in [-0.05, 0) is 36.0 Å². The third-order valence-corrected chi connectivity index (χ3v) is 4.29. The first-order chi connectivity index (χ1) is 11.2. The van der Waals surface area contributed by atoms with Crippen molar-refractivity contribution in [1.29, 1.82) is 0 Å². The van der Waals surface area contributed by atoms with Gasteiger partial charge >= 0.3 is 0 Å².